The summed E-state index contributed by atoms with van der Waals surface area (Å²) >= 11 is 0. The molecule has 1 saturated heterocycles. The Morgan fingerprint density at radius 1 is 1.04 bits per heavy atom. The van der Waals surface area contributed by atoms with Crippen LogP contribution in [0.25, 0.3) is 0 Å². The predicted octanol–water partition coefficient (Wildman–Crippen LogP) is 1.28. The van der Waals surface area contributed by atoms with Gasteiger partial charge in [-0.05, 0) is 30.2 Å². The molecule has 0 aromatic heterocycles. The number of carbonyl (C=O) groups is 3. The van der Waals surface area contributed by atoms with Crippen molar-refractivity contribution in [2.75, 3.05) is 0 Å². The number of carbonyl (C=O) groups excluding carboxylic acids is 3. The minimum Gasteiger partial charge on any atom is -0.368 e. The Balaban J connectivity index is 1.66. The molecule has 1 aromatic carbocycles. The lowest BCUT2D eigenvalue weighted by Crippen LogP contribution is -2.49. The third kappa shape index (κ3) is 2.19. The summed E-state index contributed by atoms with van der Waals surface area (Å²) in [5.41, 5.74) is 6.45. The van der Waals surface area contributed by atoms with Gasteiger partial charge < -0.3 is 5.73 Å². The summed E-state index contributed by atoms with van der Waals surface area (Å²) in [6.45, 7) is 0. The Bertz CT molecular complexity index is 695. The quantitative estimate of drug-likeness (QED) is 0.669. The van der Waals surface area contributed by atoms with Gasteiger partial charge in [0, 0.05) is 6.42 Å². The molecule has 0 spiro atoms. The maximum atomic E-state index is 12.9. The van der Waals surface area contributed by atoms with Crippen molar-refractivity contribution in [3.8, 4) is 0 Å². The highest BCUT2D eigenvalue weighted by molar-refractivity contribution is 6.09. The number of primary amides is 1. The van der Waals surface area contributed by atoms with Gasteiger partial charge in [0.1, 0.15) is 6.04 Å². The van der Waals surface area contributed by atoms with Crippen LogP contribution in [0.15, 0.2) is 42.5 Å². The first kappa shape index (κ1) is 15.1. The van der Waals surface area contributed by atoms with Gasteiger partial charge >= 0.3 is 0 Å². The third-order valence-electron chi connectivity index (χ3n) is 5.71. The molecule has 5 rings (SSSR count). The molecule has 0 unspecified atom stereocenters. The topological polar surface area (TPSA) is 80.5 Å². The molecular formula is C19H20N2O3. The lowest BCUT2D eigenvalue weighted by atomic mass is 9.63. The van der Waals surface area contributed by atoms with E-state index in [2.05, 4.69) is 12.2 Å². The van der Waals surface area contributed by atoms with Crippen molar-refractivity contribution < 1.29 is 14.4 Å². The molecule has 1 saturated carbocycles. The summed E-state index contributed by atoms with van der Waals surface area (Å²) in [4.78, 5) is 39.1. The first-order chi connectivity index (χ1) is 11.6. The van der Waals surface area contributed by atoms with Gasteiger partial charge in [0.15, 0.2) is 0 Å². The maximum absolute atomic E-state index is 12.9. The van der Waals surface area contributed by atoms with E-state index in [0.717, 1.165) is 18.4 Å². The average Bonchev–Trinajstić information content (AvgIpc) is 2.88. The molecule has 2 N–H and O–H groups in total. The molecule has 124 valence electrons. The van der Waals surface area contributed by atoms with E-state index < -0.39 is 11.9 Å². The molecule has 3 amide bonds. The Morgan fingerprint density at radius 3 is 2.04 bits per heavy atom. The monoisotopic (exact) mass is 324 g/mol. The van der Waals surface area contributed by atoms with Gasteiger partial charge in [-0.25, -0.2) is 0 Å². The van der Waals surface area contributed by atoms with Gasteiger partial charge in [-0.2, -0.15) is 0 Å². The van der Waals surface area contributed by atoms with Crippen LogP contribution in [0.3, 0.4) is 0 Å². The number of rotatable bonds is 4. The van der Waals surface area contributed by atoms with Crippen LogP contribution in [-0.2, 0) is 20.8 Å². The lowest BCUT2D eigenvalue weighted by Gasteiger charge is -2.38. The number of hydrogen-bond donors (Lipinski definition) is 1. The fourth-order valence-electron chi connectivity index (χ4n) is 4.56. The van der Waals surface area contributed by atoms with E-state index in [9.17, 15) is 14.4 Å². The molecule has 4 aliphatic rings. The molecular weight excluding hydrogens is 304 g/mol. The minimum absolute atomic E-state index is 0.117. The van der Waals surface area contributed by atoms with Crippen molar-refractivity contribution in [1.82, 2.24) is 4.90 Å². The molecule has 0 radical (unpaired) electrons. The van der Waals surface area contributed by atoms with Gasteiger partial charge in [0.25, 0.3) is 0 Å². The summed E-state index contributed by atoms with van der Waals surface area (Å²) in [7, 11) is 0. The number of nitrogens with two attached hydrogens (primary N) is 1. The smallest absolute Gasteiger partial charge is 0.241 e. The standard InChI is InChI=1S/C19H20N2O3/c20-17(22)14(10-11-4-2-1-3-5-11)21-18(23)15-12-6-7-13(9-8-12)16(15)19(21)24/h1-7,12-16H,8-10H2,(H2,20,22)/t12-,13-,14-,15-,16+/m0/s1. The Hall–Kier alpha value is -2.43. The molecule has 3 aliphatic carbocycles. The predicted molar refractivity (Wildman–Crippen MR) is 87.3 cm³/mol. The SMILES string of the molecule is NC(=O)[C@H](Cc1ccccc1)N1C(=O)[C@@H]2[C@H](C1=O)[C@H]1C=C[C@H]2CC1. The average molecular weight is 324 g/mol. The Morgan fingerprint density at radius 2 is 1.58 bits per heavy atom. The molecule has 1 aliphatic heterocycles. The zero-order chi connectivity index (χ0) is 16.8. The number of amides is 3. The van der Waals surface area contributed by atoms with Crippen LogP contribution < -0.4 is 5.73 Å². The van der Waals surface area contributed by atoms with E-state index in [1.165, 1.54) is 4.90 Å². The second-order valence-corrected chi connectivity index (χ2v) is 7.00. The van der Waals surface area contributed by atoms with E-state index in [1.54, 1.807) is 0 Å². The van der Waals surface area contributed by atoms with Crippen LogP contribution in [0.1, 0.15) is 18.4 Å². The van der Waals surface area contributed by atoms with E-state index in [0.29, 0.717) is 0 Å². The fraction of sp³-hybridized carbons (Fsp3) is 0.421. The summed E-state index contributed by atoms with van der Waals surface area (Å²) in [6.07, 6.45) is 6.29. The Kier molecular flexibility index (Phi) is 3.52. The van der Waals surface area contributed by atoms with Crippen LogP contribution in [-0.4, -0.2) is 28.7 Å². The molecule has 2 fully saturated rings. The van der Waals surface area contributed by atoms with Crippen LogP contribution in [0, 0.1) is 23.7 Å². The van der Waals surface area contributed by atoms with Crippen LogP contribution in [0.2, 0.25) is 0 Å². The first-order valence-corrected chi connectivity index (χ1v) is 8.46. The molecule has 2 bridgehead atoms. The number of imide groups is 1. The van der Waals surface area contributed by atoms with Gasteiger partial charge in [-0.15, -0.1) is 0 Å². The largest absolute Gasteiger partial charge is 0.368 e. The summed E-state index contributed by atoms with van der Waals surface area (Å²) in [6, 6.07) is 8.46. The number of nitrogens with zero attached hydrogens (tertiary/aromatic N) is 1. The number of likely N-dealkylation sites (tertiary alicyclic amines) is 1. The van der Waals surface area contributed by atoms with Crippen molar-refractivity contribution in [3.63, 3.8) is 0 Å². The zero-order valence-electron chi connectivity index (χ0n) is 13.3. The molecule has 5 atom stereocenters. The number of allylic oxidation sites excluding steroid dienone is 2. The second-order valence-electron chi connectivity index (χ2n) is 7.00. The highest BCUT2D eigenvalue weighted by Gasteiger charge is 2.58. The van der Waals surface area contributed by atoms with E-state index in [1.807, 2.05) is 30.3 Å². The number of hydrogen-bond acceptors (Lipinski definition) is 3. The number of fused-ring (bicyclic) bond motifs is 1. The lowest BCUT2D eigenvalue weighted by molar-refractivity contribution is -0.147. The van der Waals surface area contributed by atoms with Crippen molar-refractivity contribution in [2.24, 2.45) is 29.4 Å². The molecule has 1 heterocycles. The van der Waals surface area contributed by atoms with Gasteiger partial charge in [0.2, 0.25) is 17.7 Å². The summed E-state index contributed by atoms with van der Waals surface area (Å²) in [5.74, 6) is -1.44. The van der Waals surface area contributed by atoms with Crippen molar-refractivity contribution in [1.29, 1.82) is 0 Å². The summed E-state index contributed by atoms with van der Waals surface area (Å²) in [5, 5.41) is 0. The van der Waals surface area contributed by atoms with Crippen molar-refractivity contribution >= 4 is 17.7 Å². The minimum atomic E-state index is -0.905. The fourth-order valence-corrected chi connectivity index (χ4v) is 4.56. The maximum Gasteiger partial charge on any atom is 0.241 e. The van der Waals surface area contributed by atoms with E-state index in [-0.39, 0.29) is 41.9 Å². The summed E-state index contributed by atoms with van der Waals surface area (Å²) < 4.78 is 0. The molecule has 5 heteroatoms. The molecule has 5 nitrogen and oxygen atoms in total. The van der Waals surface area contributed by atoms with Crippen molar-refractivity contribution in [2.45, 2.75) is 25.3 Å². The zero-order valence-corrected chi connectivity index (χ0v) is 13.3. The second kappa shape index (κ2) is 5.58. The van der Waals surface area contributed by atoms with Crippen LogP contribution in [0.5, 0.6) is 0 Å². The van der Waals surface area contributed by atoms with Crippen molar-refractivity contribution in [3.05, 3.63) is 48.0 Å². The third-order valence-corrected chi connectivity index (χ3v) is 5.71. The van der Waals surface area contributed by atoms with Crippen LogP contribution in [0.4, 0.5) is 0 Å². The van der Waals surface area contributed by atoms with E-state index in [4.69, 9.17) is 5.73 Å². The molecule has 24 heavy (non-hydrogen) atoms. The van der Waals surface area contributed by atoms with Gasteiger partial charge in [-0.1, -0.05) is 42.5 Å². The molecule has 1 aromatic rings. The Labute approximate surface area is 140 Å². The van der Waals surface area contributed by atoms with Gasteiger partial charge in [0.05, 0.1) is 11.8 Å². The van der Waals surface area contributed by atoms with E-state index >= 15 is 0 Å². The number of benzene rings is 1. The highest BCUT2D eigenvalue weighted by Crippen LogP contribution is 2.50. The highest BCUT2D eigenvalue weighted by atomic mass is 16.2. The van der Waals surface area contributed by atoms with Crippen LogP contribution >= 0.6 is 0 Å². The normalized spacial score (nSPS) is 32.1. The first-order valence-electron chi connectivity index (χ1n) is 8.46. The van der Waals surface area contributed by atoms with Gasteiger partial charge in [-0.3, -0.25) is 19.3 Å².